The highest BCUT2D eigenvalue weighted by molar-refractivity contribution is 6.31. The highest BCUT2D eigenvalue weighted by atomic mass is 35.5. The predicted octanol–water partition coefficient (Wildman–Crippen LogP) is 1.65. The Morgan fingerprint density at radius 1 is 1.41 bits per heavy atom. The molecule has 1 aromatic carbocycles. The molecule has 5 nitrogen and oxygen atoms in total. The highest BCUT2D eigenvalue weighted by Gasteiger charge is 2.13. The highest BCUT2D eigenvalue weighted by Crippen LogP contribution is 2.26. The molecule has 122 valence electrons. The Labute approximate surface area is 136 Å². The number of nitrogens with zero attached hydrogens (tertiary/aromatic N) is 1. The molecule has 0 unspecified atom stereocenters. The Morgan fingerprint density at radius 2 is 2.14 bits per heavy atom. The maximum atomic E-state index is 12.1. The number of ether oxygens (including phenoxy) is 2. The number of rotatable bonds is 6. The number of hydrogen-bond acceptors (Lipinski definition) is 4. The van der Waals surface area contributed by atoms with Crippen molar-refractivity contribution >= 4 is 17.5 Å². The van der Waals surface area contributed by atoms with Crippen LogP contribution in [0.1, 0.15) is 11.1 Å². The van der Waals surface area contributed by atoms with Crippen molar-refractivity contribution in [2.45, 2.75) is 13.3 Å². The van der Waals surface area contributed by atoms with Crippen molar-refractivity contribution in [1.82, 2.24) is 10.2 Å². The van der Waals surface area contributed by atoms with Gasteiger partial charge < -0.3 is 14.8 Å². The molecule has 1 heterocycles. The van der Waals surface area contributed by atoms with Crippen molar-refractivity contribution in [1.29, 1.82) is 0 Å². The van der Waals surface area contributed by atoms with Gasteiger partial charge in [-0.25, -0.2) is 0 Å². The molecule has 1 aliphatic heterocycles. The minimum atomic E-state index is -0.0218. The fourth-order valence-electron chi connectivity index (χ4n) is 2.44. The van der Waals surface area contributed by atoms with E-state index >= 15 is 0 Å². The van der Waals surface area contributed by atoms with Crippen LogP contribution in [0, 0.1) is 6.92 Å². The summed E-state index contributed by atoms with van der Waals surface area (Å²) in [7, 11) is 1.60. The van der Waals surface area contributed by atoms with Gasteiger partial charge in [-0.05, 0) is 24.6 Å². The second-order valence-corrected chi connectivity index (χ2v) is 5.80. The van der Waals surface area contributed by atoms with Gasteiger partial charge in [0.1, 0.15) is 5.75 Å². The van der Waals surface area contributed by atoms with Crippen LogP contribution < -0.4 is 10.1 Å². The fourth-order valence-corrected chi connectivity index (χ4v) is 2.62. The van der Waals surface area contributed by atoms with E-state index < -0.39 is 0 Å². The Bertz CT molecular complexity index is 516. The first-order valence-corrected chi connectivity index (χ1v) is 7.87. The number of halogens is 1. The van der Waals surface area contributed by atoms with E-state index in [0.717, 1.165) is 44.0 Å². The smallest absolute Gasteiger partial charge is 0.224 e. The monoisotopic (exact) mass is 326 g/mol. The molecule has 0 bridgehead atoms. The number of morpholine rings is 1. The van der Waals surface area contributed by atoms with Crippen LogP contribution in [0.25, 0.3) is 0 Å². The summed E-state index contributed by atoms with van der Waals surface area (Å²) in [6, 6.07) is 3.66. The van der Waals surface area contributed by atoms with Crippen molar-refractivity contribution in [3.63, 3.8) is 0 Å². The van der Waals surface area contributed by atoms with Crippen LogP contribution in [-0.4, -0.2) is 57.3 Å². The third-order valence-corrected chi connectivity index (χ3v) is 4.17. The van der Waals surface area contributed by atoms with Gasteiger partial charge in [0, 0.05) is 36.8 Å². The van der Waals surface area contributed by atoms with Crippen LogP contribution in [0.15, 0.2) is 12.1 Å². The molecule has 2 rings (SSSR count). The van der Waals surface area contributed by atoms with E-state index in [9.17, 15) is 4.79 Å². The van der Waals surface area contributed by atoms with E-state index in [0.29, 0.717) is 17.3 Å². The Kier molecular flexibility index (Phi) is 6.49. The van der Waals surface area contributed by atoms with Gasteiger partial charge in [0.25, 0.3) is 0 Å². The molecule has 22 heavy (non-hydrogen) atoms. The average Bonchev–Trinajstić information content (AvgIpc) is 2.51. The summed E-state index contributed by atoms with van der Waals surface area (Å²) in [5.74, 6) is 0.678. The first-order chi connectivity index (χ1) is 10.6. The minimum Gasteiger partial charge on any atom is -0.496 e. The lowest BCUT2D eigenvalue weighted by Crippen LogP contribution is -2.41. The normalized spacial score (nSPS) is 15.6. The number of benzene rings is 1. The Hall–Kier alpha value is -1.30. The summed E-state index contributed by atoms with van der Waals surface area (Å²) in [6.45, 7) is 6.80. The quantitative estimate of drug-likeness (QED) is 0.863. The second kappa shape index (κ2) is 8.36. The lowest BCUT2D eigenvalue weighted by Gasteiger charge is -2.26. The summed E-state index contributed by atoms with van der Waals surface area (Å²) in [4.78, 5) is 14.4. The maximum Gasteiger partial charge on any atom is 0.224 e. The number of aryl methyl sites for hydroxylation is 1. The molecule has 0 radical (unpaired) electrons. The molecule has 1 amide bonds. The average molecular weight is 327 g/mol. The van der Waals surface area contributed by atoms with Crippen molar-refractivity contribution in [2.75, 3.05) is 46.5 Å². The van der Waals surface area contributed by atoms with E-state index in [-0.39, 0.29) is 12.3 Å². The Balaban J connectivity index is 1.82. The molecular formula is C16H23ClN2O3. The van der Waals surface area contributed by atoms with Crippen molar-refractivity contribution in [3.8, 4) is 5.75 Å². The van der Waals surface area contributed by atoms with Crippen molar-refractivity contribution in [3.05, 3.63) is 28.3 Å². The molecule has 1 aliphatic rings. The van der Waals surface area contributed by atoms with Gasteiger partial charge in [0.2, 0.25) is 5.91 Å². The third kappa shape index (κ3) is 4.87. The lowest BCUT2D eigenvalue weighted by molar-refractivity contribution is -0.120. The molecule has 1 aromatic rings. The van der Waals surface area contributed by atoms with Gasteiger partial charge >= 0.3 is 0 Å². The third-order valence-electron chi connectivity index (χ3n) is 3.77. The topological polar surface area (TPSA) is 50.8 Å². The number of amides is 1. The van der Waals surface area contributed by atoms with Gasteiger partial charge in [-0.3, -0.25) is 9.69 Å². The van der Waals surface area contributed by atoms with Crippen LogP contribution in [0.3, 0.4) is 0 Å². The van der Waals surface area contributed by atoms with Gasteiger partial charge in [0.05, 0.1) is 26.7 Å². The van der Waals surface area contributed by atoms with Gasteiger partial charge in [-0.15, -0.1) is 0 Å². The van der Waals surface area contributed by atoms with Gasteiger partial charge in [-0.2, -0.15) is 0 Å². The van der Waals surface area contributed by atoms with Gasteiger partial charge in [0.15, 0.2) is 0 Å². The molecule has 1 saturated heterocycles. The first kappa shape index (κ1) is 17.1. The molecule has 6 heteroatoms. The molecule has 0 atom stereocenters. The molecule has 0 spiro atoms. The summed E-state index contributed by atoms with van der Waals surface area (Å²) in [5, 5.41) is 3.59. The van der Waals surface area contributed by atoms with Crippen LogP contribution in [0.4, 0.5) is 0 Å². The van der Waals surface area contributed by atoms with E-state index in [1.165, 1.54) is 0 Å². The van der Waals surface area contributed by atoms with Gasteiger partial charge in [-0.1, -0.05) is 11.6 Å². The SMILES string of the molecule is COc1cc(C)c(Cl)cc1CC(=O)NCCN1CCOCC1. The lowest BCUT2D eigenvalue weighted by atomic mass is 10.1. The standard InChI is InChI=1S/C16H23ClN2O3/c1-12-9-15(21-2)13(10-14(12)17)11-16(20)18-3-4-19-5-7-22-8-6-19/h9-10H,3-8,11H2,1-2H3,(H,18,20). The zero-order chi connectivity index (χ0) is 15.9. The largest absolute Gasteiger partial charge is 0.496 e. The summed E-state index contributed by atoms with van der Waals surface area (Å²) in [6.07, 6.45) is 0.270. The van der Waals surface area contributed by atoms with E-state index in [1.807, 2.05) is 13.0 Å². The van der Waals surface area contributed by atoms with E-state index in [1.54, 1.807) is 13.2 Å². The molecular weight excluding hydrogens is 304 g/mol. The predicted molar refractivity (Wildman–Crippen MR) is 86.7 cm³/mol. The number of nitrogens with one attached hydrogen (secondary N) is 1. The summed E-state index contributed by atoms with van der Waals surface area (Å²) >= 11 is 6.13. The molecule has 1 fully saturated rings. The summed E-state index contributed by atoms with van der Waals surface area (Å²) in [5.41, 5.74) is 1.75. The number of carbonyl (C=O) groups excluding carboxylic acids is 1. The number of carbonyl (C=O) groups is 1. The Morgan fingerprint density at radius 3 is 2.82 bits per heavy atom. The van der Waals surface area contributed by atoms with Crippen LogP contribution in [0.2, 0.25) is 5.02 Å². The number of hydrogen-bond donors (Lipinski definition) is 1. The zero-order valence-corrected chi connectivity index (χ0v) is 13.9. The van der Waals surface area contributed by atoms with Crippen LogP contribution in [-0.2, 0) is 16.0 Å². The molecule has 1 N–H and O–H groups in total. The van der Waals surface area contributed by atoms with Crippen molar-refractivity contribution < 1.29 is 14.3 Å². The minimum absolute atomic E-state index is 0.0218. The number of methoxy groups -OCH3 is 1. The zero-order valence-electron chi connectivity index (χ0n) is 13.2. The van der Waals surface area contributed by atoms with Crippen molar-refractivity contribution in [2.24, 2.45) is 0 Å². The maximum absolute atomic E-state index is 12.1. The first-order valence-electron chi connectivity index (χ1n) is 7.50. The molecule has 0 aromatic heterocycles. The molecule has 0 aliphatic carbocycles. The molecule has 0 saturated carbocycles. The summed E-state index contributed by atoms with van der Waals surface area (Å²) < 4.78 is 10.6. The van der Waals surface area contributed by atoms with E-state index in [4.69, 9.17) is 21.1 Å². The second-order valence-electron chi connectivity index (χ2n) is 5.39. The van der Waals surface area contributed by atoms with Crippen LogP contribution in [0.5, 0.6) is 5.75 Å². The van der Waals surface area contributed by atoms with Crippen LogP contribution >= 0.6 is 11.6 Å². The van der Waals surface area contributed by atoms with E-state index in [2.05, 4.69) is 10.2 Å². The fraction of sp³-hybridized carbons (Fsp3) is 0.562.